The molecular formula is C16H17NO. The van der Waals surface area contributed by atoms with E-state index in [2.05, 4.69) is 48.6 Å². The minimum atomic E-state index is 0.0445. The summed E-state index contributed by atoms with van der Waals surface area (Å²) >= 11 is 0. The monoisotopic (exact) mass is 239 g/mol. The van der Waals surface area contributed by atoms with Gasteiger partial charge in [0.15, 0.2) is 0 Å². The summed E-state index contributed by atoms with van der Waals surface area (Å²) in [6.45, 7) is 3.23. The number of rotatable bonds is 2. The van der Waals surface area contributed by atoms with Gasteiger partial charge in [0, 0.05) is 17.6 Å². The zero-order valence-corrected chi connectivity index (χ0v) is 10.7. The van der Waals surface area contributed by atoms with Crippen LogP contribution in [-0.2, 0) is 5.41 Å². The first-order chi connectivity index (χ1) is 8.74. The highest BCUT2D eigenvalue weighted by molar-refractivity contribution is 5.63. The number of methoxy groups -OCH3 is 1. The van der Waals surface area contributed by atoms with Crippen molar-refractivity contribution in [2.45, 2.75) is 12.3 Å². The molecule has 0 saturated carbocycles. The molecule has 18 heavy (non-hydrogen) atoms. The third-order valence-electron chi connectivity index (χ3n) is 3.88. The van der Waals surface area contributed by atoms with Gasteiger partial charge < -0.3 is 10.1 Å². The van der Waals surface area contributed by atoms with E-state index in [4.69, 9.17) is 4.74 Å². The summed E-state index contributed by atoms with van der Waals surface area (Å²) in [4.78, 5) is 0. The van der Waals surface area contributed by atoms with Crippen molar-refractivity contribution in [2.75, 3.05) is 19.0 Å². The Kier molecular flexibility index (Phi) is 2.51. The molecule has 0 radical (unpaired) electrons. The van der Waals surface area contributed by atoms with Crippen molar-refractivity contribution in [3.05, 3.63) is 59.7 Å². The van der Waals surface area contributed by atoms with Gasteiger partial charge in [-0.15, -0.1) is 0 Å². The number of anilines is 1. The van der Waals surface area contributed by atoms with Gasteiger partial charge in [-0.3, -0.25) is 0 Å². The number of ether oxygens (including phenoxy) is 1. The largest absolute Gasteiger partial charge is 0.497 e. The van der Waals surface area contributed by atoms with Crippen LogP contribution in [0.3, 0.4) is 0 Å². The Labute approximate surface area is 108 Å². The molecule has 3 rings (SSSR count). The quantitative estimate of drug-likeness (QED) is 0.867. The van der Waals surface area contributed by atoms with Gasteiger partial charge in [0.25, 0.3) is 0 Å². The second-order valence-electron chi connectivity index (χ2n) is 4.96. The van der Waals surface area contributed by atoms with Crippen LogP contribution in [0.2, 0.25) is 0 Å². The first-order valence-electron chi connectivity index (χ1n) is 6.22. The molecule has 1 aliphatic rings. The van der Waals surface area contributed by atoms with Gasteiger partial charge in [-0.1, -0.05) is 30.3 Å². The van der Waals surface area contributed by atoms with Crippen molar-refractivity contribution >= 4 is 5.69 Å². The summed E-state index contributed by atoms with van der Waals surface area (Å²) < 4.78 is 5.22. The molecule has 0 aromatic heterocycles. The summed E-state index contributed by atoms with van der Waals surface area (Å²) in [5.41, 5.74) is 3.98. The second-order valence-corrected chi connectivity index (χ2v) is 4.96. The van der Waals surface area contributed by atoms with Crippen molar-refractivity contribution in [2.24, 2.45) is 0 Å². The standard InChI is InChI=1S/C16H17NO/c1-16(12-7-9-13(18-2)10-8-12)11-17-15-6-4-3-5-14(15)16/h3-10,17H,11H2,1-2H3. The van der Waals surface area contributed by atoms with Crippen LogP contribution in [-0.4, -0.2) is 13.7 Å². The van der Waals surface area contributed by atoms with E-state index in [1.54, 1.807) is 7.11 Å². The number of nitrogens with one attached hydrogen (secondary N) is 1. The predicted molar refractivity (Wildman–Crippen MR) is 74.4 cm³/mol. The molecular weight excluding hydrogens is 222 g/mol. The van der Waals surface area contributed by atoms with Crippen LogP contribution in [0.4, 0.5) is 5.69 Å². The first-order valence-corrected chi connectivity index (χ1v) is 6.22. The van der Waals surface area contributed by atoms with Gasteiger partial charge in [0.1, 0.15) is 5.75 Å². The molecule has 0 fully saturated rings. The van der Waals surface area contributed by atoms with Crippen LogP contribution in [0, 0.1) is 0 Å². The lowest BCUT2D eigenvalue weighted by Gasteiger charge is -2.25. The maximum atomic E-state index is 5.22. The van der Waals surface area contributed by atoms with E-state index in [1.165, 1.54) is 16.8 Å². The molecule has 1 N–H and O–H groups in total. The van der Waals surface area contributed by atoms with Crippen molar-refractivity contribution < 1.29 is 4.74 Å². The number of fused-ring (bicyclic) bond motifs is 1. The number of hydrogen-bond donors (Lipinski definition) is 1. The Hall–Kier alpha value is -1.96. The molecule has 0 saturated heterocycles. The summed E-state index contributed by atoms with van der Waals surface area (Å²) in [6, 6.07) is 16.9. The van der Waals surface area contributed by atoms with E-state index in [9.17, 15) is 0 Å². The van der Waals surface area contributed by atoms with Crippen LogP contribution in [0.5, 0.6) is 5.75 Å². The van der Waals surface area contributed by atoms with Crippen molar-refractivity contribution in [1.29, 1.82) is 0 Å². The van der Waals surface area contributed by atoms with Crippen LogP contribution < -0.4 is 10.1 Å². The van der Waals surface area contributed by atoms with Crippen LogP contribution in [0.1, 0.15) is 18.1 Å². The fourth-order valence-electron chi connectivity index (χ4n) is 2.70. The average Bonchev–Trinajstić information content (AvgIpc) is 2.78. The van der Waals surface area contributed by atoms with E-state index in [0.29, 0.717) is 0 Å². The lowest BCUT2D eigenvalue weighted by atomic mass is 9.78. The van der Waals surface area contributed by atoms with E-state index >= 15 is 0 Å². The molecule has 0 amide bonds. The molecule has 2 nitrogen and oxygen atoms in total. The molecule has 0 bridgehead atoms. The van der Waals surface area contributed by atoms with Gasteiger partial charge in [0.2, 0.25) is 0 Å². The smallest absolute Gasteiger partial charge is 0.118 e. The first kappa shape index (κ1) is 11.1. The normalized spacial score (nSPS) is 21.2. The van der Waals surface area contributed by atoms with Gasteiger partial charge in [-0.25, -0.2) is 0 Å². The highest BCUT2D eigenvalue weighted by Gasteiger charge is 2.35. The average molecular weight is 239 g/mol. The van der Waals surface area contributed by atoms with Crippen LogP contribution >= 0.6 is 0 Å². The van der Waals surface area contributed by atoms with E-state index < -0.39 is 0 Å². The Balaban J connectivity index is 2.05. The summed E-state index contributed by atoms with van der Waals surface area (Å²) in [5.74, 6) is 0.904. The lowest BCUT2D eigenvalue weighted by Crippen LogP contribution is -2.25. The SMILES string of the molecule is COc1ccc(C2(C)CNc3ccccc32)cc1. The summed E-state index contributed by atoms with van der Waals surface area (Å²) in [5, 5.41) is 3.49. The zero-order valence-electron chi connectivity index (χ0n) is 10.7. The van der Waals surface area contributed by atoms with Gasteiger partial charge >= 0.3 is 0 Å². The van der Waals surface area contributed by atoms with Crippen LogP contribution in [0.25, 0.3) is 0 Å². The molecule has 92 valence electrons. The minimum Gasteiger partial charge on any atom is -0.497 e. The Morgan fingerprint density at radius 1 is 1.06 bits per heavy atom. The van der Waals surface area contributed by atoms with Crippen molar-refractivity contribution in [1.82, 2.24) is 0 Å². The van der Waals surface area contributed by atoms with E-state index in [0.717, 1.165) is 12.3 Å². The third kappa shape index (κ3) is 1.57. The van der Waals surface area contributed by atoms with Crippen molar-refractivity contribution in [3.8, 4) is 5.75 Å². The molecule has 0 spiro atoms. The van der Waals surface area contributed by atoms with Gasteiger partial charge in [0.05, 0.1) is 7.11 Å². The fraction of sp³-hybridized carbons (Fsp3) is 0.250. The predicted octanol–water partition coefficient (Wildman–Crippen LogP) is 3.43. The Morgan fingerprint density at radius 2 is 1.78 bits per heavy atom. The Bertz CT molecular complexity index is 562. The third-order valence-corrected chi connectivity index (χ3v) is 3.88. The molecule has 1 heterocycles. The van der Waals surface area contributed by atoms with Crippen LogP contribution in [0.15, 0.2) is 48.5 Å². The number of para-hydroxylation sites is 1. The number of hydrogen-bond acceptors (Lipinski definition) is 2. The highest BCUT2D eigenvalue weighted by atomic mass is 16.5. The maximum Gasteiger partial charge on any atom is 0.118 e. The molecule has 2 heteroatoms. The molecule has 2 aromatic carbocycles. The number of benzene rings is 2. The maximum absolute atomic E-state index is 5.22. The van der Waals surface area contributed by atoms with E-state index in [1.807, 2.05) is 12.1 Å². The van der Waals surface area contributed by atoms with Gasteiger partial charge in [-0.2, -0.15) is 0 Å². The lowest BCUT2D eigenvalue weighted by molar-refractivity contribution is 0.414. The molecule has 2 aromatic rings. The summed E-state index contributed by atoms with van der Waals surface area (Å²) in [6.07, 6.45) is 0. The highest BCUT2D eigenvalue weighted by Crippen LogP contribution is 2.41. The topological polar surface area (TPSA) is 21.3 Å². The molecule has 1 atom stereocenters. The minimum absolute atomic E-state index is 0.0445. The zero-order chi connectivity index (χ0) is 12.6. The van der Waals surface area contributed by atoms with E-state index in [-0.39, 0.29) is 5.41 Å². The molecule has 1 unspecified atom stereocenters. The fourth-order valence-corrected chi connectivity index (χ4v) is 2.70. The van der Waals surface area contributed by atoms with Gasteiger partial charge in [-0.05, 0) is 36.2 Å². The summed E-state index contributed by atoms with van der Waals surface area (Å²) in [7, 11) is 1.70. The Morgan fingerprint density at radius 3 is 2.50 bits per heavy atom. The molecule has 0 aliphatic carbocycles. The second kappa shape index (κ2) is 4.05. The van der Waals surface area contributed by atoms with Crippen molar-refractivity contribution in [3.63, 3.8) is 0 Å². The molecule has 1 aliphatic heterocycles.